The van der Waals surface area contributed by atoms with Crippen molar-refractivity contribution in [3.63, 3.8) is 0 Å². The van der Waals surface area contributed by atoms with Crippen LogP contribution >= 0.6 is 0 Å². The summed E-state index contributed by atoms with van der Waals surface area (Å²) in [5.74, 6) is 2.29. The lowest BCUT2D eigenvalue weighted by Crippen LogP contribution is -2.34. The van der Waals surface area contributed by atoms with E-state index in [1.54, 1.807) is 0 Å². The van der Waals surface area contributed by atoms with Crippen LogP contribution in [0.25, 0.3) is 0 Å². The molecule has 2 heteroatoms. The molecular weight excluding hydrogens is 184 g/mol. The maximum absolute atomic E-state index is 6.04. The molecule has 15 heavy (non-hydrogen) atoms. The second-order valence-corrected chi connectivity index (χ2v) is 6.10. The quantitative estimate of drug-likeness (QED) is 0.524. The molecule has 0 aromatic rings. The number of nitrogens with two attached hydrogens (primary N) is 1. The van der Waals surface area contributed by atoms with Gasteiger partial charge in [0.25, 0.3) is 0 Å². The van der Waals surface area contributed by atoms with Crippen molar-refractivity contribution in [3.8, 4) is 0 Å². The van der Waals surface area contributed by atoms with Gasteiger partial charge in [-0.1, -0.05) is 47.5 Å². The Kier molecular flexibility index (Phi) is 3.80. The van der Waals surface area contributed by atoms with Crippen molar-refractivity contribution in [3.05, 3.63) is 0 Å². The van der Waals surface area contributed by atoms with E-state index in [1.165, 1.54) is 19.3 Å². The van der Waals surface area contributed by atoms with Crippen molar-refractivity contribution in [1.82, 2.24) is 0 Å². The molecule has 0 amide bonds. The zero-order chi connectivity index (χ0) is 11.6. The molecule has 0 aliphatic heterocycles. The van der Waals surface area contributed by atoms with E-state index in [4.69, 9.17) is 10.7 Å². The van der Waals surface area contributed by atoms with Gasteiger partial charge in [-0.05, 0) is 18.3 Å². The molecular formula is C13H26N2. The van der Waals surface area contributed by atoms with Gasteiger partial charge in [0.15, 0.2) is 0 Å². The SMILES string of the molecule is CC1CCCC(N=C(N)C(C)(C)C)C1C. The van der Waals surface area contributed by atoms with Crippen molar-refractivity contribution >= 4 is 5.84 Å². The molecule has 3 atom stereocenters. The molecule has 0 radical (unpaired) electrons. The molecule has 2 nitrogen and oxygen atoms in total. The summed E-state index contributed by atoms with van der Waals surface area (Å²) < 4.78 is 0. The number of amidine groups is 1. The van der Waals surface area contributed by atoms with Gasteiger partial charge in [-0.15, -0.1) is 0 Å². The van der Waals surface area contributed by atoms with Crippen LogP contribution in [0.1, 0.15) is 53.9 Å². The standard InChI is InChI=1S/C13H26N2/c1-9-7-6-8-11(10(9)2)15-12(14)13(3,4)5/h9-11H,6-8H2,1-5H3,(H2,14,15). The van der Waals surface area contributed by atoms with E-state index in [0.29, 0.717) is 12.0 Å². The van der Waals surface area contributed by atoms with Crippen molar-refractivity contribution in [2.24, 2.45) is 28.0 Å². The molecule has 1 aliphatic carbocycles. The summed E-state index contributed by atoms with van der Waals surface area (Å²) in [6.07, 6.45) is 3.86. The second-order valence-electron chi connectivity index (χ2n) is 6.10. The third-order valence-electron chi connectivity index (χ3n) is 3.74. The third-order valence-corrected chi connectivity index (χ3v) is 3.74. The van der Waals surface area contributed by atoms with E-state index in [0.717, 1.165) is 11.8 Å². The molecule has 0 spiro atoms. The highest BCUT2D eigenvalue weighted by atomic mass is 14.9. The molecule has 1 saturated carbocycles. The first kappa shape index (κ1) is 12.5. The van der Waals surface area contributed by atoms with Gasteiger partial charge in [0.05, 0.1) is 11.9 Å². The second kappa shape index (κ2) is 4.54. The van der Waals surface area contributed by atoms with Gasteiger partial charge in [0.1, 0.15) is 0 Å². The molecule has 2 N–H and O–H groups in total. The largest absolute Gasteiger partial charge is 0.387 e. The predicted molar refractivity (Wildman–Crippen MR) is 67.0 cm³/mol. The first-order valence-electron chi connectivity index (χ1n) is 6.16. The Morgan fingerprint density at radius 1 is 1.20 bits per heavy atom. The van der Waals surface area contributed by atoms with Gasteiger partial charge < -0.3 is 5.73 Å². The van der Waals surface area contributed by atoms with Gasteiger partial charge in [0, 0.05) is 5.41 Å². The summed E-state index contributed by atoms with van der Waals surface area (Å²) >= 11 is 0. The van der Waals surface area contributed by atoms with Gasteiger partial charge >= 0.3 is 0 Å². The van der Waals surface area contributed by atoms with Gasteiger partial charge in [-0.2, -0.15) is 0 Å². The van der Waals surface area contributed by atoms with Crippen LogP contribution in [-0.4, -0.2) is 11.9 Å². The fraction of sp³-hybridized carbons (Fsp3) is 0.923. The van der Waals surface area contributed by atoms with E-state index in [9.17, 15) is 0 Å². The Bertz CT molecular complexity index is 237. The first-order valence-corrected chi connectivity index (χ1v) is 6.16. The molecule has 0 aromatic heterocycles. The summed E-state index contributed by atoms with van der Waals surface area (Å²) in [4.78, 5) is 4.73. The summed E-state index contributed by atoms with van der Waals surface area (Å²) in [7, 11) is 0. The predicted octanol–water partition coefficient (Wildman–Crippen LogP) is 3.21. The highest BCUT2D eigenvalue weighted by Gasteiger charge is 2.28. The summed E-state index contributed by atoms with van der Waals surface area (Å²) in [5, 5.41) is 0. The van der Waals surface area contributed by atoms with Crippen molar-refractivity contribution in [2.75, 3.05) is 0 Å². The average Bonchev–Trinajstić information content (AvgIpc) is 2.11. The van der Waals surface area contributed by atoms with Crippen molar-refractivity contribution in [2.45, 2.75) is 59.9 Å². The van der Waals surface area contributed by atoms with Crippen LogP contribution in [0.2, 0.25) is 0 Å². The fourth-order valence-electron chi connectivity index (χ4n) is 2.11. The number of hydrogen-bond donors (Lipinski definition) is 1. The normalized spacial score (nSPS) is 34.2. The van der Waals surface area contributed by atoms with E-state index in [1.807, 2.05) is 0 Å². The van der Waals surface area contributed by atoms with Crippen LogP contribution in [0.5, 0.6) is 0 Å². The maximum atomic E-state index is 6.04. The van der Waals surface area contributed by atoms with E-state index in [2.05, 4.69) is 34.6 Å². The minimum absolute atomic E-state index is 0.0143. The lowest BCUT2D eigenvalue weighted by Gasteiger charge is -2.33. The molecule has 0 heterocycles. The Hall–Kier alpha value is -0.530. The van der Waals surface area contributed by atoms with Crippen LogP contribution in [0.3, 0.4) is 0 Å². The summed E-state index contributed by atoms with van der Waals surface area (Å²) in [6, 6.07) is 0.452. The Morgan fingerprint density at radius 2 is 1.80 bits per heavy atom. The maximum Gasteiger partial charge on any atom is 0.0994 e. The average molecular weight is 210 g/mol. The van der Waals surface area contributed by atoms with Crippen molar-refractivity contribution < 1.29 is 0 Å². The highest BCUT2D eigenvalue weighted by Crippen LogP contribution is 2.32. The molecule has 88 valence electrons. The monoisotopic (exact) mass is 210 g/mol. The smallest absolute Gasteiger partial charge is 0.0994 e. The van der Waals surface area contributed by atoms with Gasteiger partial charge in [-0.3, -0.25) is 4.99 Å². The molecule has 0 saturated heterocycles. The van der Waals surface area contributed by atoms with Gasteiger partial charge in [0.2, 0.25) is 0 Å². The molecule has 1 fully saturated rings. The lowest BCUT2D eigenvalue weighted by atomic mass is 9.78. The molecule has 0 bridgehead atoms. The van der Waals surface area contributed by atoms with E-state index >= 15 is 0 Å². The minimum atomic E-state index is 0.0143. The Labute approximate surface area is 94.3 Å². The zero-order valence-corrected chi connectivity index (χ0v) is 10.9. The van der Waals surface area contributed by atoms with Crippen LogP contribution in [0.15, 0.2) is 4.99 Å². The van der Waals surface area contributed by atoms with Crippen LogP contribution in [0, 0.1) is 17.3 Å². The molecule has 3 unspecified atom stereocenters. The molecule has 0 aromatic carbocycles. The molecule has 1 aliphatic rings. The number of nitrogens with zero attached hydrogens (tertiary/aromatic N) is 1. The minimum Gasteiger partial charge on any atom is -0.387 e. The Balaban J connectivity index is 2.72. The van der Waals surface area contributed by atoms with Crippen molar-refractivity contribution in [1.29, 1.82) is 0 Å². The van der Waals surface area contributed by atoms with Crippen LogP contribution in [0.4, 0.5) is 0 Å². The fourth-order valence-corrected chi connectivity index (χ4v) is 2.11. The number of rotatable bonds is 1. The van der Waals surface area contributed by atoms with E-state index < -0.39 is 0 Å². The first-order chi connectivity index (χ1) is 6.82. The highest BCUT2D eigenvalue weighted by molar-refractivity contribution is 5.85. The zero-order valence-electron chi connectivity index (χ0n) is 10.9. The van der Waals surface area contributed by atoms with E-state index in [-0.39, 0.29) is 5.41 Å². The Morgan fingerprint density at radius 3 is 2.33 bits per heavy atom. The third kappa shape index (κ3) is 3.22. The number of hydrogen-bond acceptors (Lipinski definition) is 1. The topological polar surface area (TPSA) is 38.4 Å². The lowest BCUT2D eigenvalue weighted by molar-refractivity contribution is 0.240. The summed E-state index contributed by atoms with van der Waals surface area (Å²) in [5.41, 5.74) is 6.05. The summed E-state index contributed by atoms with van der Waals surface area (Å²) in [6.45, 7) is 11.0. The number of aliphatic imine (C=N–C) groups is 1. The molecule has 1 rings (SSSR count). The van der Waals surface area contributed by atoms with Crippen LogP contribution in [-0.2, 0) is 0 Å². The van der Waals surface area contributed by atoms with Crippen LogP contribution < -0.4 is 5.73 Å². The van der Waals surface area contributed by atoms with Gasteiger partial charge in [-0.25, -0.2) is 0 Å².